The first kappa shape index (κ1) is 15.9. The van der Waals surface area contributed by atoms with Gasteiger partial charge in [0.05, 0.1) is 0 Å². The molecule has 1 atom stereocenters. The minimum absolute atomic E-state index is 0.0856. The van der Waals surface area contributed by atoms with E-state index in [1.807, 2.05) is 32.9 Å². The van der Waals surface area contributed by atoms with Crippen LogP contribution in [0.4, 0.5) is 0 Å². The van der Waals surface area contributed by atoms with Gasteiger partial charge in [-0.25, -0.2) is 0 Å². The molecule has 0 spiro atoms. The number of nitrogens with zero attached hydrogens (tertiary/aromatic N) is 1. The van der Waals surface area contributed by atoms with Gasteiger partial charge in [-0.2, -0.15) is 0 Å². The normalized spacial score (nSPS) is 14.2. The predicted molar refractivity (Wildman–Crippen MR) is 80.0 cm³/mol. The molecule has 0 aliphatic carbocycles. The van der Waals surface area contributed by atoms with E-state index >= 15 is 0 Å². The number of rotatable bonds is 4. The first-order chi connectivity index (χ1) is 8.59. The van der Waals surface area contributed by atoms with Crippen molar-refractivity contribution >= 4 is 5.78 Å². The monoisotopic (exact) mass is 261 g/mol. The Morgan fingerprint density at radius 2 is 1.63 bits per heavy atom. The third-order valence-corrected chi connectivity index (χ3v) is 3.20. The minimum Gasteiger partial charge on any atom is -0.299 e. The van der Waals surface area contributed by atoms with Crippen LogP contribution in [0.25, 0.3) is 0 Å². The summed E-state index contributed by atoms with van der Waals surface area (Å²) in [6, 6.07) is 4.01. The highest BCUT2D eigenvalue weighted by atomic mass is 16.1. The fourth-order valence-electron chi connectivity index (χ4n) is 2.41. The summed E-state index contributed by atoms with van der Waals surface area (Å²) in [6.45, 7) is 12.6. The summed E-state index contributed by atoms with van der Waals surface area (Å²) in [5.74, 6) is 0.446. The van der Waals surface area contributed by atoms with Crippen LogP contribution in [-0.4, -0.2) is 10.8 Å². The fourth-order valence-corrected chi connectivity index (χ4v) is 2.41. The van der Waals surface area contributed by atoms with Crippen LogP contribution in [0.3, 0.4) is 0 Å². The molecule has 0 amide bonds. The highest BCUT2D eigenvalue weighted by Crippen LogP contribution is 2.32. The first-order valence-electron chi connectivity index (χ1n) is 7.03. The summed E-state index contributed by atoms with van der Waals surface area (Å²) in [5, 5.41) is 0. The van der Waals surface area contributed by atoms with Gasteiger partial charge in [0.1, 0.15) is 5.78 Å². The molecule has 1 heterocycles. The first-order valence-corrected chi connectivity index (χ1v) is 7.03. The maximum absolute atomic E-state index is 12.6. The molecule has 0 saturated heterocycles. The lowest BCUT2D eigenvalue weighted by molar-refractivity contribution is -0.131. The maximum atomic E-state index is 12.6. The minimum atomic E-state index is -0.275. The molecule has 0 N–H and O–H groups in total. The molecule has 1 aromatic rings. The second-order valence-electron chi connectivity index (χ2n) is 7.64. The van der Waals surface area contributed by atoms with Crippen molar-refractivity contribution in [2.24, 2.45) is 16.7 Å². The molecule has 0 aromatic carbocycles. The van der Waals surface area contributed by atoms with E-state index in [2.05, 4.69) is 25.8 Å². The molecule has 1 aromatic heterocycles. The van der Waals surface area contributed by atoms with E-state index in [-0.39, 0.29) is 16.7 Å². The number of pyridine rings is 1. The lowest BCUT2D eigenvalue weighted by Gasteiger charge is -2.30. The van der Waals surface area contributed by atoms with Gasteiger partial charge in [-0.3, -0.25) is 9.78 Å². The fraction of sp³-hybridized carbons (Fsp3) is 0.647. The van der Waals surface area contributed by atoms with Crippen molar-refractivity contribution in [3.63, 3.8) is 0 Å². The Hall–Kier alpha value is -1.18. The van der Waals surface area contributed by atoms with Crippen LogP contribution in [0.5, 0.6) is 0 Å². The number of aromatic nitrogens is 1. The number of Topliss-reactive ketones (excluding diaryl/α,β-unsaturated/α-hetero) is 1. The van der Waals surface area contributed by atoms with Crippen molar-refractivity contribution in [3.8, 4) is 0 Å². The standard InChI is InChI=1S/C17H27NO/c1-16(2,3)12-14(15(19)17(4,5)6)11-13-7-9-18-10-8-13/h7-10,14H,11-12H2,1-6H3/t14-/m1/s1. The van der Waals surface area contributed by atoms with E-state index in [9.17, 15) is 4.79 Å². The zero-order valence-corrected chi connectivity index (χ0v) is 13.2. The Kier molecular flexibility index (Phi) is 4.89. The van der Waals surface area contributed by atoms with Crippen molar-refractivity contribution in [2.75, 3.05) is 0 Å². The third-order valence-electron chi connectivity index (χ3n) is 3.20. The van der Waals surface area contributed by atoms with Crippen molar-refractivity contribution in [3.05, 3.63) is 30.1 Å². The summed E-state index contributed by atoms with van der Waals surface area (Å²) < 4.78 is 0. The maximum Gasteiger partial charge on any atom is 0.141 e. The summed E-state index contributed by atoms with van der Waals surface area (Å²) >= 11 is 0. The second-order valence-corrected chi connectivity index (χ2v) is 7.64. The zero-order valence-electron chi connectivity index (χ0n) is 13.2. The lowest BCUT2D eigenvalue weighted by Crippen LogP contribution is -2.32. The molecule has 19 heavy (non-hydrogen) atoms. The molecule has 0 bridgehead atoms. The van der Waals surface area contributed by atoms with Gasteiger partial charge in [-0.1, -0.05) is 41.5 Å². The Bertz CT molecular complexity index is 409. The van der Waals surface area contributed by atoms with E-state index in [1.165, 1.54) is 5.56 Å². The van der Waals surface area contributed by atoms with E-state index in [1.54, 1.807) is 12.4 Å². The van der Waals surface area contributed by atoms with Crippen LogP contribution >= 0.6 is 0 Å². The number of carbonyl (C=O) groups is 1. The largest absolute Gasteiger partial charge is 0.299 e. The van der Waals surface area contributed by atoms with Crippen LogP contribution in [0.1, 0.15) is 53.5 Å². The molecule has 0 fully saturated rings. The van der Waals surface area contributed by atoms with Crippen LogP contribution < -0.4 is 0 Å². The van der Waals surface area contributed by atoms with Crippen molar-refractivity contribution < 1.29 is 4.79 Å². The molecule has 0 aliphatic rings. The van der Waals surface area contributed by atoms with Gasteiger partial charge in [0.25, 0.3) is 0 Å². The van der Waals surface area contributed by atoms with Crippen LogP contribution in [0.2, 0.25) is 0 Å². The Balaban J connectivity index is 2.90. The summed E-state index contributed by atoms with van der Waals surface area (Å²) in [5.41, 5.74) is 1.09. The number of ketones is 1. The van der Waals surface area contributed by atoms with E-state index in [0.29, 0.717) is 5.78 Å². The topological polar surface area (TPSA) is 30.0 Å². The van der Waals surface area contributed by atoms with E-state index in [4.69, 9.17) is 0 Å². The molecule has 2 nitrogen and oxygen atoms in total. The van der Waals surface area contributed by atoms with Gasteiger partial charge in [0.2, 0.25) is 0 Å². The average Bonchev–Trinajstić information content (AvgIpc) is 2.25. The second kappa shape index (κ2) is 5.85. The molecular formula is C17H27NO. The van der Waals surface area contributed by atoms with Gasteiger partial charge in [0.15, 0.2) is 0 Å². The van der Waals surface area contributed by atoms with Gasteiger partial charge >= 0.3 is 0 Å². The predicted octanol–water partition coefficient (Wildman–Crippen LogP) is 4.29. The number of hydrogen-bond donors (Lipinski definition) is 0. The van der Waals surface area contributed by atoms with Gasteiger partial charge in [-0.05, 0) is 36.0 Å². The summed E-state index contributed by atoms with van der Waals surface area (Å²) in [6.07, 6.45) is 5.33. The zero-order chi connectivity index (χ0) is 14.7. The molecule has 0 aliphatic heterocycles. The van der Waals surface area contributed by atoms with Crippen molar-refractivity contribution in [2.45, 2.75) is 54.4 Å². The highest BCUT2D eigenvalue weighted by molar-refractivity contribution is 5.86. The highest BCUT2D eigenvalue weighted by Gasteiger charge is 2.32. The molecule has 0 unspecified atom stereocenters. The molecule has 106 valence electrons. The summed E-state index contributed by atoms with van der Waals surface area (Å²) in [4.78, 5) is 16.7. The smallest absolute Gasteiger partial charge is 0.141 e. The molecule has 0 radical (unpaired) electrons. The van der Waals surface area contributed by atoms with Crippen LogP contribution in [0, 0.1) is 16.7 Å². The SMILES string of the molecule is CC(C)(C)C[C@@H](Cc1ccncc1)C(=O)C(C)(C)C. The van der Waals surface area contributed by atoms with Gasteiger partial charge in [0, 0.05) is 23.7 Å². The van der Waals surface area contributed by atoms with Crippen molar-refractivity contribution in [1.82, 2.24) is 4.98 Å². The van der Waals surface area contributed by atoms with Gasteiger partial charge in [-0.15, -0.1) is 0 Å². The average molecular weight is 261 g/mol. The molecule has 0 saturated carbocycles. The summed E-state index contributed by atoms with van der Waals surface area (Å²) in [7, 11) is 0. The molecule has 2 heteroatoms. The quantitative estimate of drug-likeness (QED) is 0.809. The van der Waals surface area contributed by atoms with E-state index < -0.39 is 0 Å². The number of hydrogen-bond acceptors (Lipinski definition) is 2. The Morgan fingerprint density at radius 1 is 1.11 bits per heavy atom. The number of carbonyl (C=O) groups excluding carboxylic acids is 1. The Morgan fingerprint density at radius 3 is 2.05 bits per heavy atom. The molecule has 1 rings (SSSR count). The van der Waals surface area contributed by atoms with Gasteiger partial charge < -0.3 is 0 Å². The van der Waals surface area contributed by atoms with Crippen LogP contribution in [-0.2, 0) is 11.2 Å². The Labute approximate surface area is 117 Å². The van der Waals surface area contributed by atoms with E-state index in [0.717, 1.165) is 12.8 Å². The third kappa shape index (κ3) is 5.54. The van der Waals surface area contributed by atoms with Crippen molar-refractivity contribution in [1.29, 1.82) is 0 Å². The molecular weight excluding hydrogens is 234 g/mol. The lowest BCUT2D eigenvalue weighted by atomic mass is 9.73. The van der Waals surface area contributed by atoms with Crippen LogP contribution in [0.15, 0.2) is 24.5 Å².